The lowest BCUT2D eigenvalue weighted by Crippen LogP contribution is -2.31. The van der Waals surface area contributed by atoms with Crippen molar-refractivity contribution >= 4 is 6.21 Å². The lowest BCUT2D eigenvalue weighted by atomic mass is 10.2. The lowest BCUT2D eigenvalue weighted by molar-refractivity contribution is -0.206. The Morgan fingerprint density at radius 2 is 2.07 bits per heavy atom. The highest BCUT2D eigenvalue weighted by Gasteiger charge is 2.19. The molecule has 0 spiro atoms. The average Bonchev–Trinajstić information content (AvgIpc) is 2.12. The molecule has 5 heteroatoms. The van der Waals surface area contributed by atoms with Crippen LogP contribution < -0.4 is 0 Å². The third kappa shape index (κ3) is 9.65. The van der Waals surface area contributed by atoms with Crippen molar-refractivity contribution in [2.24, 2.45) is 5.16 Å². The van der Waals surface area contributed by atoms with Gasteiger partial charge in [-0.1, -0.05) is 5.16 Å². The fraction of sp³-hybridized carbons (Fsp3) is 0.900. The quantitative estimate of drug-likeness (QED) is 0.378. The predicted octanol–water partition coefficient (Wildman–Crippen LogP) is 1.16. The number of nitrogens with zero attached hydrogens (tertiary/aromatic N) is 1. The molecular weight excluding hydrogens is 198 g/mol. The number of rotatable bonds is 8. The van der Waals surface area contributed by atoms with Crippen LogP contribution in [0.1, 0.15) is 26.7 Å². The summed E-state index contributed by atoms with van der Waals surface area (Å²) in [5.41, 5.74) is 0. The molecule has 0 amide bonds. The number of aliphatic hydroxyl groups is 1. The summed E-state index contributed by atoms with van der Waals surface area (Å²) < 4.78 is 10.4. The van der Waals surface area contributed by atoms with E-state index in [-0.39, 0.29) is 6.10 Å². The van der Waals surface area contributed by atoms with Crippen LogP contribution in [0, 0.1) is 0 Å². The first-order valence-corrected chi connectivity index (χ1v) is 4.93. The molecule has 5 nitrogen and oxygen atoms in total. The van der Waals surface area contributed by atoms with E-state index in [1.165, 1.54) is 7.11 Å². The Bertz CT molecular complexity index is 177. The van der Waals surface area contributed by atoms with Crippen molar-refractivity contribution in [3.63, 3.8) is 0 Å². The fourth-order valence-electron chi connectivity index (χ4n) is 1.12. The Morgan fingerprint density at radius 1 is 1.40 bits per heavy atom. The first kappa shape index (κ1) is 14.3. The molecule has 90 valence electrons. The first-order valence-electron chi connectivity index (χ1n) is 4.93. The summed E-state index contributed by atoms with van der Waals surface area (Å²) in [7, 11) is 3.11. The van der Waals surface area contributed by atoms with Crippen molar-refractivity contribution in [1.29, 1.82) is 0 Å². The smallest absolute Gasteiger partial charge is 0.160 e. The monoisotopic (exact) mass is 219 g/mol. The van der Waals surface area contributed by atoms with Gasteiger partial charge >= 0.3 is 0 Å². The molecule has 0 saturated carbocycles. The zero-order chi connectivity index (χ0) is 11.7. The van der Waals surface area contributed by atoms with Crippen LogP contribution in [0.5, 0.6) is 0 Å². The SMILES string of the molecule is COCCC(C/C=N\OC)OC(C)(C)O. The molecule has 0 rings (SSSR count). The lowest BCUT2D eigenvalue weighted by Gasteiger charge is -2.25. The minimum absolute atomic E-state index is 0.121. The molecular formula is C10H21NO4. The molecule has 1 atom stereocenters. The standard InChI is InChI=1S/C10H21NO4/c1-10(2,12)15-9(6-8-13-3)5-7-11-14-4/h7,9,12H,5-6,8H2,1-4H3/b11-7-. The first-order chi connectivity index (χ1) is 6.99. The minimum Gasteiger partial charge on any atom is -0.399 e. The fourth-order valence-corrected chi connectivity index (χ4v) is 1.12. The number of ether oxygens (including phenoxy) is 2. The summed E-state index contributed by atoms with van der Waals surface area (Å²) in [5.74, 6) is -1.14. The molecule has 1 N–H and O–H groups in total. The maximum atomic E-state index is 9.51. The van der Waals surface area contributed by atoms with Gasteiger partial charge in [0.15, 0.2) is 5.79 Å². The van der Waals surface area contributed by atoms with Crippen LogP contribution in [0.15, 0.2) is 5.16 Å². The van der Waals surface area contributed by atoms with Gasteiger partial charge < -0.3 is 19.4 Å². The van der Waals surface area contributed by atoms with Gasteiger partial charge in [0.2, 0.25) is 0 Å². The molecule has 0 aromatic rings. The summed E-state index contributed by atoms with van der Waals surface area (Å²) in [4.78, 5) is 4.55. The van der Waals surface area contributed by atoms with Crippen molar-refractivity contribution < 1.29 is 19.4 Å². The zero-order valence-corrected chi connectivity index (χ0v) is 9.90. The van der Waals surface area contributed by atoms with Crippen LogP contribution in [-0.4, -0.2) is 44.0 Å². The molecule has 0 heterocycles. The third-order valence-electron chi connectivity index (χ3n) is 1.65. The summed E-state index contributed by atoms with van der Waals surface area (Å²) in [5, 5.41) is 13.1. The van der Waals surface area contributed by atoms with Gasteiger partial charge in [0.05, 0.1) is 6.10 Å². The van der Waals surface area contributed by atoms with Gasteiger partial charge in [0, 0.05) is 26.4 Å². The van der Waals surface area contributed by atoms with Gasteiger partial charge in [0.1, 0.15) is 7.11 Å². The highest BCUT2D eigenvalue weighted by Crippen LogP contribution is 2.13. The van der Waals surface area contributed by atoms with E-state index in [0.29, 0.717) is 19.4 Å². The molecule has 0 aliphatic rings. The van der Waals surface area contributed by atoms with Crippen molar-refractivity contribution in [2.45, 2.75) is 38.6 Å². The van der Waals surface area contributed by atoms with E-state index in [1.807, 2.05) is 0 Å². The molecule has 0 aliphatic carbocycles. The average molecular weight is 219 g/mol. The number of methoxy groups -OCH3 is 1. The Morgan fingerprint density at radius 3 is 2.53 bits per heavy atom. The van der Waals surface area contributed by atoms with Crippen LogP contribution in [0.4, 0.5) is 0 Å². The van der Waals surface area contributed by atoms with Crippen LogP contribution in [0.25, 0.3) is 0 Å². The van der Waals surface area contributed by atoms with E-state index in [1.54, 1.807) is 27.2 Å². The number of hydrogen-bond acceptors (Lipinski definition) is 5. The van der Waals surface area contributed by atoms with Crippen LogP contribution >= 0.6 is 0 Å². The van der Waals surface area contributed by atoms with Crippen LogP contribution in [0.3, 0.4) is 0 Å². The number of oxime groups is 1. The third-order valence-corrected chi connectivity index (χ3v) is 1.65. The van der Waals surface area contributed by atoms with Crippen molar-refractivity contribution in [1.82, 2.24) is 0 Å². The van der Waals surface area contributed by atoms with Gasteiger partial charge in [-0.2, -0.15) is 0 Å². The van der Waals surface area contributed by atoms with E-state index >= 15 is 0 Å². The van der Waals surface area contributed by atoms with Crippen molar-refractivity contribution in [2.75, 3.05) is 20.8 Å². The normalized spacial score (nSPS) is 14.5. The Balaban J connectivity index is 4.00. The van der Waals surface area contributed by atoms with Crippen LogP contribution in [0.2, 0.25) is 0 Å². The van der Waals surface area contributed by atoms with E-state index in [2.05, 4.69) is 9.99 Å². The van der Waals surface area contributed by atoms with Crippen LogP contribution in [-0.2, 0) is 14.3 Å². The second-order valence-electron chi connectivity index (χ2n) is 3.67. The highest BCUT2D eigenvalue weighted by molar-refractivity contribution is 5.56. The predicted molar refractivity (Wildman–Crippen MR) is 57.8 cm³/mol. The second kappa shape index (κ2) is 7.62. The summed E-state index contributed by atoms with van der Waals surface area (Å²) in [6.45, 7) is 3.78. The van der Waals surface area contributed by atoms with Gasteiger partial charge in [-0.05, 0) is 20.3 Å². The number of hydrogen-bond donors (Lipinski definition) is 1. The molecule has 0 fully saturated rings. The largest absolute Gasteiger partial charge is 0.399 e. The van der Waals surface area contributed by atoms with E-state index < -0.39 is 5.79 Å². The molecule has 0 radical (unpaired) electrons. The topological polar surface area (TPSA) is 60.3 Å². The maximum absolute atomic E-state index is 9.51. The second-order valence-corrected chi connectivity index (χ2v) is 3.67. The minimum atomic E-state index is -1.14. The van der Waals surface area contributed by atoms with Crippen molar-refractivity contribution in [3.05, 3.63) is 0 Å². The van der Waals surface area contributed by atoms with Gasteiger partial charge in [-0.25, -0.2) is 0 Å². The Kier molecular flexibility index (Phi) is 7.29. The molecule has 0 aliphatic heterocycles. The summed E-state index contributed by atoms with van der Waals surface area (Å²) in [6, 6.07) is 0. The van der Waals surface area contributed by atoms with E-state index in [9.17, 15) is 5.11 Å². The molecule has 0 aromatic heterocycles. The maximum Gasteiger partial charge on any atom is 0.160 e. The molecule has 0 saturated heterocycles. The molecule has 15 heavy (non-hydrogen) atoms. The van der Waals surface area contributed by atoms with Gasteiger partial charge in [-0.3, -0.25) is 0 Å². The Hall–Kier alpha value is -0.650. The van der Waals surface area contributed by atoms with E-state index in [4.69, 9.17) is 9.47 Å². The van der Waals surface area contributed by atoms with Gasteiger partial charge in [-0.15, -0.1) is 0 Å². The molecule has 0 bridgehead atoms. The van der Waals surface area contributed by atoms with Crippen molar-refractivity contribution in [3.8, 4) is 0 Å². The summed E-state index contributed by atoms with van der Waals surface area (Å²) in [6.07, 6.45) is 2.78. The zero-order valence-electron chi connectivity index (χ0n) is 9.90. The highest BCUT2D eigenvalue weighted by atomic mass is 16.6. The van der Waals surface area contributed by atoms with Gasteiger partial charge in [0.25, 0.3) is 0 Å². The van der Waals surface area contributed by atoms with E-state index in [0.717, 1.165) is 0 Å². The molecule has 0 aromatic carbocycles. The molecule has 1 unspecified atom stereocenters. The Labute approximate surface area is 91.0 Å². The summed E-state index contributed by atoms with van der Waals surface area (Å²) >= 11 is 0.